The molecule has 0 heterocycles. The number of nitrogens with zero attached hydrogens (tertiary/aromatic N) is 1. The monoisotopic (exact) mass is 285 g/mol. The zero-order valence-corrected chi connectivity index (χ0v) is 12.6. The van der Waals surface area contributed by atoms with Crippen molar-refractivity contribution in [2.45, 2.75) is 50.6 Å². The molecule has 0 radical (unpaired) electrons. The lowest BCUT2D eigenvalue weighted by Gasteiger charge is -2.35. The molecule has 1 aromatic rings. The molecular weight excluding hydrogens is 265 g/mol. The van der Waals surface area contributed by atoms with Gasteiger partial charge in [0, 0.05) is 23.0 Å². The van der Waals surface area contributed by atoms with Gasteiger partial charge >= 0.3 is 0 Å². The molecule has 2 rings (SSSR count). The summed E-state index contributed by atoms with van der Waals surface area (Å²) in [4.78, 5) is 2.35. The minimum absolute atomic E-state index is 0.285. The lowest BCUT2D eigenvalue weighted by Crippen LogP contribution is -2.40. The van der Waals surface area contributed by atoms with Gasteiger partial charge in [0.05, 0.1) is 0 Å². The van der Waals surface area contributed by atoms with Gasteiger partial charge in [-0.2, -0.15) is 0 Å². The van der Waals surface area contributed by atoms with E-state index in [9.17, 15) is 0 Å². The molecule has 1 nitrogen and oxygen atoms in total. The maximum Gasteiger partial charge on any atom is 0.0491 e. The molecular formula is C15H21Cl2N. The smallest absolute Gasteiger partial charge is 0.0491 e. The van der Waals surface area contributed by atoms with E-state index in [0.29, 0.717) is 6.04 Å². The third-order valence-electron chi connectivity index (χ3n) is 3.84. The van der Waals surface area contributed by atoms with Crippen LogP contribution < -0.4 is 0 Å². The second-order valence-corrected chi connectivity index (χ2v) is 6.35. The number of halogens is 2. The highest BCUT2D eigenvalue weighted by molar-refractivity contribution is 6.31. The van der Waals surface area contributed by atoms with Crippen LogP contribution in [-0.4, -0.2) is 23.4 Å². The second kappa shape index (κ2) is 6.27. The Morgan fingerprint density at radius 3 is 2.67 bits per heavy atom. The van der Waals surface area contributed by atoms with E-state index >= 15 is 0 Å². The minimum Gasteiger partial charge on any atom is -0.298 e. The molecule has 1 aliphatic rings. The van der Waals surface area contributed by atoms with Gasteiger partial charge in [0.15, 0.2) is 0 Å². The van der Waals surface area contributed by atoms with Crippen LogP contribution in [0.1, 0.15) is 36.8 Å². The van der Waals surface area contributed by atoms with Crippen LogP contribution in [0.2, 0.25) is 5.02 Å². The molecule has 0 bridgehead atoms. The van der Waals surface area contributed by atoms with Crippen molar-refractivity contribution in [3.8, 4) is 0 Å². The summed E-state index contributed by atoms with van der Waals surface area (Å²) in [5.41, 5.74) is 2.40. The Morgan fingerprint density at radius 1 is 1.28 bits per heavy atom. The highest BCUT2D eigenvalue weighted by Gasteiger charge is 2.26. The van der Waals surface area contributed by atoms with Crippen molar-refractivity contribution in [1.82, 2.24) is 4.90 Å². The lowest BCUT2D eigenvalue weighted by molar-refractivity contribution is 0.188. The molecule has 100 valence electrons. The van der Waals surface area contributed by atoms with Gasteiger partial charge in [-0.05, 0) is 44.0 Å². The number of hydrogen-bond donors (Lipinski definition) is 0. The molecule has 1 aromatic carbocycles. The molecule has 0 spiro atoms. The van der Waals surface area contributed by atoms with Crippen LogP contribution in [0, 0.1) is 6.92 Å². The summed E-state index contributed by atoms with van der Waals surface area (Å²) < 4.78 is 0. The van der Waals surface area contributed by atoms with Gasteiger partial charge < -0.3 is 0 Å². The first-order chi connectivity index (χ1) is 8.58. The van der Waals surface area contributed by atoms with Gasteiger partial charge in [0.25, 0.3) is 0 Å². The summed E-state index contributed by atoms with van der Waals surface area (Å²) in [6, 6.07) is 6.76. The van der Waals surface area contributed by atoms with E-state index in [4.69, 9.17) is 23.2 Å². The van der Waals surface area contributed by atoms with Crippen molar-refractivity contribution in [3.63, 3.8) is 0 Å². The van der Waals surface area contributed by atoms with Crippen molar-refractivity contribution in [3.05, 3.63) is 34.3 Å². The highest BCUT2D eigenvalue weighted by atomic mass is 35.5. The van der Waals surface area contributed by atoms with Gasteiger partial charge in [-0.3, -0.25) is 4.90 Å². The summed E-state index contributed by atoms with van der Waals surface area (Å²) in [5, 5.41) is 1.15. The maximum atomic E-state index is 6.43. The van der Waals surface area contributed by atoms with Crippen molar-refractivity contribution in [2.24, 2.45) is 0 Å². The molecule has 3 heteroatoms. The molecule has 18 heavy (non-hydrogen) atoms. The average Bonchev–Trinajstić information content (AvgIpc) is 2.33. The van der Waals surface area contributed by atoms with Crippen molar-refractivity contribution in [2.75, 3.05) is 7.05 Å². The lowest BCUT2D eigenvalue weighted by atomic mass is 9.93. The standard InChI is InChI=1S/C15H21Cl2N/c1-11-7-8-12(14(17)9-11)10-18(2)15-6-4-3-5-13(15)16/h7-9,13,15H,3-6,10H2,1-2H3. The highest BCUT2D eigenvalue weighted by Crippen LogP contribution is 2.28. The van der Waals surface area contributed by atoms with Crippen LogP contribution in [0.15, 0.2) is 18.2 Å². The fourth-order valence-electron chi connectivity index (χ4n) is 2.73. The van der Waals surface area contributed by atoms with E-state index in [1.165, 1.54) is 30.4 Å². The van der Waals surface area contributed by atoms with Gasteiger partial charge in [-0.15, -0.1) is 11.6 Å². The third kappa shape index (κ3) is 3.40. The SMILES string of the molecule is Cc1ccc(CN(C)C2CCCCC2Cl)c(Cl)c1. The minimum atomic E-state index is 0.285. The number of alkyl halides is 1. The molecule has 2 unspecified atom stereocenters. The Bertz CT molecular complexity index is 405. The normalized spacial score (nSPS) is 24.5. The van der Waals surface area contributed by atoms with Crippen LogP contribution in [0.3, 0.4) is 0 Å². The van der Waals surface area contributed by atoms with Crippen molar-refractivity contribution >= 4 is 23.2 Å². The first-order valence-electron chi connectivity index (χ1n) is 6.67. The maximum absolute atomic E-state index is 6.43. The zero-order valence-electron chi connectivity index (χ0n) is 11.1. The van der Waals surface area contributed by atoms with Crippen LogP contribution >= 0.6 is 23.2 Å². The predicted octanol–water partition coefficient (Wildman–Crippen LogP) is 4.63. The Labute approximate surface area is 120 Å². The van der Waals surface area contributed by atoms with E-state index in [-0.39, 0.29) is 5.38 Å². The first kappa shape index (κ1) is 14.2. The number of rotatable bonds is 3. The van der Waals surface area contributed by atoms with Gasteiger partial charge in [-0.25, -0.2) is 0 Å². The van der Waals surface area contributed by atoms with Gasteiger partial charge in [-0.1, -0.05) is 36.6 Å². The number of benzene rings is 1. The summed E-state index contributed by atoms with van der Waals surface area (Å²) in [6.07, 6.45) is 4.90. The molecule has 0 aromatic heterocycles. The summed E-state index contributed by atoms with van der Waals surface area (Å²) in [6.45, 7) is 2.95. The Morgan fingerprint density at radius 2 is 2.00 bits per heavy atom. The molecule has 1 saturated carbocycles. The molecule has 0 N–H and O–H groups in total. The van der Waals surface area contributed by atoms with E-state index in [1.807, 2.05) is 6.07 Å². The zero-order chi connectivity index (χ0) is 13.1. The Hall–Kier alpha value is -0.240. The fraction of sp³-hybridized carbons (Fsp3) is 0.600. The van der Waals surface area contributed by atoms with Crippen LogP contribution in [-0.2, 0) is 6.54 Å². The molecule has 0 amide bonds. The summed E-state index contributed by atoms with van der Waals surface area (Å²) in [5.74, 6) is 0. The number of hydrogen-bond acceptors (Lipinski definition) is 1. The Balaban J connectivity index is 2.03. The first-order valence-corrected chi connectivity index (χ1v) is 7.48. The number of aryl methyl sites for hydroxylation is 1. The van der Waals surface area contributed by atoms with E-state index in [2.05, 4.69) is 31.0 Å². The third-order valence-corrected chi connectivity index (χ3v) is 4.70. The van der Waals surface area contributed by atoms with Gasteiger partial charge in [0.2, 0.25) is 0 Å². The largest absolute Gasteiger partial charge is 0.298 e. The van der Waals surface area contributed by atoms with Crippen LogP contribution in [0.5, 0.6) is 0 Å². The summed E-state index contributed by atoms with van der Waals surface area (Å²) >= 11 is 12.7. The second-order valence-electron chi connectivity index (χ2n) is 5.38. The van der Waals surface area contributed by atoms with Crippen LogP contribution in [0.25, 0.3) is 0 Å². The van der Waals surface area contributed by atoms with Crippen LogP contribution in [0.4, 0.5) is 0 Å². The topological polar surface area (TPSA) is 3.24 Å². The van der Waals surface area contributed by atoms with Crippen molar-refractivity contribution in [1.29, 1.82) is 0 Å². The molecule has 0 aliphatic heterocycles. The molecule has 0 saturated heterocycles. The van der Waals surface area contributed by atoms with E-state index in [0.717, 1.165) is 18.0 Å². The van der Waals surface area contributed by atoms with Crippen molar-refractivity contribution < 1.29 is 0 Å². The van der Waals surface area contributed by atoms with Gasteiger partial charge in [0.1, 0.15) is 0 Å². The van der Waals surface area contributed by atoms with E-state index in [1.54, 1.807) is 0 Å². The Kier molecular flexibility index (Phi) is 4.94. The molecule has 1 aliphatic carbocycles. The average molecular weight is 286 g/mol. The fourth-order valence-corrected chi connectivity index (χ4v) is 3.50. The van der Waals surface area contributed by atoms with E-state index < -0.39 is 0 Å². The quantitative estimate of drug-likeness (QED) is 0.732. The predicted molar refractivity (Wildman–Crippen MR) is 79.6 cm³/mol. The molecule has 1 fully saturated rings. The summed E-state index contributed by atoms with van der Waals surface area (Å²) in [7, 11) is 2.15. The molecule has 2 atom stereocenters.